The molecule has 256 valence electrons. The van der Waals surface area contributed by atoms with Crippen molar-refractivity contribution in [3.8, 4) is 0 Å². The van der Waals surface area contributed by atoms with Gasteiger partial charge in [0, 0.05) is 73.0 Å². The van der Waals surface area contributed by atoms with E-state index in [0.29, 0.717) is 61.7 Å². The summed E-state index contributed by atoms with van der Waals surface area (Å²) in [4.78, 5) is 38.8. The minimum absolute atomic E-state index is 0.149. The van der Waals surface area contributed by atoms with E-state index >= 15 is 0 Å². The molecule has 7 rings (SSSR count). The highest BCUT2D eigenvalue weighted by molar-refractivity contribution is 6.31. The first-order valence-corrected chi connectivity index (χ1v) is 16.1. The fourth-order valence-electron chi connectivity index (χ4n) is 5.13. The van der Waals surface area contributed by atoms with Crippen LogP contribution in [0, 0.1) is 11.6 Å². The number of aromatic carboxylic acids is 1. The Balaban J connectivity index is 0.000000170. The number of fused-ring (bicyclic) bond motifs is 2. The SMILES string of the molecule is C1CCOC1.COC(=O)c1ccnc(Cc2cc(F)c3ncc(Cl)cc3c2)c1.O=C(O)c1ccnc(Cc2cc(F)c3ncc(Cl)cc3c2)c1. The maximum absolute atomic E-state index is 14.1. The topological polar surface area (TPSA) is 124 Å². The lowest BCUT2D eigenvalue weighted by Crippen LogP contribution is -2.03. The Bertz CT molecular complexity index is 2160. The number of carboxylic acid groups (broad SMARTS) is 1. The van der Waals surface area contributed by atoms with E-state index in [1.165, 1.54) is 69.0 Å². The lowest BCUT2D eigenvalue weighted by atomic mass is 10.0. The zero-order valence-corrected chi connectivity index (χ0v) is 28.2. The van der Waals surface area contributed by atoms with Gasteiger partial charge in [-0.2, -0.15) is 0 Å². The number of benzene rings is 2. The number of carbonyl (C=O) groups excluding carboxylic acids is 1. The van der Waals surface area contributed by atoms with E-state index < -0.39 is 23.6 Å². The Labute approximate surface area is 295 Å². The molecule has 4 aromatic heterocycles. The van der Waals surface area contributed by atoms with Crippen molar-refractivity contribution in [3.05, 3.63) is 141 Å². The van der Waals surface area contributed by atoms with Gasteiger partial charge in [-0.1, -0.05) is 23.2 Å². The van der Waals surface area contributed by atoms with Crippen LogP contribution in [0.15, 0.2) is 85.5 Å². The average Bonchev–Trinajstić information content (AvgIpc) is 3.69. The van der Waals surface area contributed by atoms with Crippen molar-refractivity contribution in [3.63, 3.8) is 0 Å². The van der Waals surface area contributed by atoms with Crippen LogP contribution < -0.4 is 0 Å². The lowest BCUT2D eigenvalue weighted by molar-refractivity contribution is 0.0599. The van der Waals surface area contributed by atoms with Crippen molar-refractivity contribution in [2.24, 2.45) is 0 Å². The van der Waals surface area contributed by atoms with E-state index in [2.05, 4.69) is 24.7 Å². The molecule has 0 amide bonds. The second-order valence-electron chi connectivity index (χ2n) is 11.1. The number of hydrogen-bond acceptors (Lipinski definition) is 8. The van der Waals surface area contributed by atoms with Crippen LogP contribution in [0.25, 0.3) is 21.8 Å². The predicted octanol–water partition coefficient (Wildman–Crippen LogP) is 8.31. The Morgan fingerprint density at radius 3 is 1.66 bits per heavy atom. The molecule has 0 bridgehead atoms. The molecule has 1 saturated heterocycles. The van der Waals surface area contributed by atoms with Crippen LogP contribution in [0.1, 0.15) is 56.1 Å². The third-order valence-corrected chi connectivity index (χ3v) is 7.84. The molecule has 0 spiro atoms. The van der Waals surface area contributed by atoms with Crippen molar-refractivity contribution in [2.75, 3.05) is 20.3 Å². The molecule has 0 atom stereocenters. The number of ether oxygens (including phenoxy) is 2. The first-order valence-electron chi connectivity index (χ1n) is 15.4. The van der Waals surface area contributed by atoms with E-state index in [-0.39, 0.29) is 16.6 Å². The zero-order valence-electron chi connectivity index (χ0n) is 26.7. The first kappa shape index (κ1) is 36.2. The minimum atomic E-state index is -1.02. The Morgan fingerprint density at radius 2 is 1.22 bits per heavy atom. The highest BCUT2D eigenvalue weighted by Gasteiger charge is 2.11. The monoisotopic (exact) mass is 718 g/mol. The summed E-state index contributed by atoms with van der Waals surface area (Å²) in [7, 11) is 1.32. The van der Waals surface area contributed by atoms with Crippen LogP contribution in [-0.4, -0.2) is 57.3 Å². The number of pyridine rings is 4. The number of halogens is 4. The van der Waals surface area contributed by atoms with Crippen LogP contribution >= 0.6 is 23.2 Å². The molecule has 9 nitrogen and oxygen atoms in total. The summed E-state index contributed by atoms with van der Waals surface area (Å²) >= 11 is 11.8. The Kier molecular flexibility index (Phi) is 12.3. The van der Waals surface area contributed by atoms with Crippen molar-refractivity contribution in [1.82, 2.24) is 19.9 Å². The van der Waals surface area contributed by atoms with Gasteiger partial charge < -0.3 is 14.6 Å². The summed E-state index contributed by atoms with van der Waals surface area (Å²) in [5, 5.41) is 11.1. The fraction of sp³-hybridized carbons (Fsp3) is 0.189. The van der Waals surface area contributed by atoms with Gasteiger partial charge in [-0.15, -0.1) is 0 Å². The molecule has 0 unspecified atom stereocenters. The molecule has 13 heteroatoms. The Hall–Kier alpha value is -5.10. The summed E-state index contributed by atoms with van der Waals surface area (Å²) in [6.07, 6.45) is 9.01. The molecule has 0 saturated carbocycles. The average molecular weight is 720 g/mol. The molecule has 1 aliphatic rings. The van der Waals surface area contributed by atoms with Crippen molar-refractivity contribution < 1.29 is 33.0 Å². The van der Waals surface area contributed by atoms with Gasteiger partial charge in [-0.3, -0.25) is 19.9 Å². The van der Waals surface area contributed by atoms with Gasteiger partial charge in [0.25, 0.3) is 0 Å². The predicted molar refractivity (Wildman–Crippen MR) is 186 cm³/mol. The number of nitrogens with zero attached hydrogens (tertiary/aromatic N) is 4. The van der Waals surface area contributed by atoms with Crippen LogP contribution in [-0.2, 0) is 22.3 Å². The van der Waals surface area contributed by atoms with E-state index in [0.717, 1.165) is 13.2 Å². The summed E-state index contributed by atoms with van der Waals surface area (Å²) in [6, 6.07) is 15.7. The largest absolute Gasteiger partial charge is 0.478 e. The zero-order chi connectivity index (χ0) is 35.6. The summed E-state index contributed by atoms with van der Waals surface area (Å²) in [5.74, 6) is -2.32. The standard InChI is InChI=1S/C17H12ClFN2O2.C16H10ClFN2O2.C4H8O/c1-23-17(22)11-2-3-20-14(8-11)5-10-4-12-7-13(18)9-21-16(12)15(19)6-10;17-12-6-11-3-9(5-14(18)15(11)20-8-12)4-13-7-10(16(21)22)1-2-19-13;1-2-4-5-3-1/h2-4,6-9H,5H2,1H3;1-3,5-8H,4H2,(H,21,22);1-4H2. The van der Waals surface area contributed by atoms with E-state index in [9.17, 15) is 18.4 Å². The molecule has 2 aromatic carbocycles. The van der Waals surface area contributed by atoms with Crippen molar-refractivity contribution in [1.29, 1.82) is 0 Å². The highest BCUT2D eigenvalue weighted by Crippen LogP contribution is 2.24. The van der Waals surface area contributed by atoms with Gasteiger partial charge >= 0.3 is 11.9 Å². The van der Waals surface area contributed by atoms with Crippen molar-refractivity contribution in [2.45, 2.75) is 25.7 Å². The normalized spacial score (nSPS) is 12.1. The molecule has 5 heterocycles. The second kappa shape index (κ2) is 17.0. The summed E-state index contributed by atoms with van der Waals surface area (Å²) < 4.78 is 37.8. The lowest BCUT2D eigenvalue weighted by Gasteiger charge is -2.06. The quantitative estimate of drug-likeness (QED) is 0.169. The molecular formula is C37H30Cl2F2N4O5. The van der Waals surface area contributed by atoms with Gasteiger partial charge in [0.15, 0.2) is 0 Å². The number of carboxylic acids is 1. The number of esters is 1. The Morgan fingerprint density at radius 1 is 0.740 bits per heavy atom. The number of carbonyl (C=O) groups is 2. The summed E-state index contributed by atoms with van der Waals surface area (Å²) in [5.41, 5.74) is 3.65. The second-order valence-corrected chi connectivity index (χ2v) is 12.0. The van der Waals surface area contributed by atoms with Gasteiger partial charge in [-0.05, 0) is 84.6 Å². The van der Waals surface area contributed by atoms with Gasteiger partial charge in [-0.25, -0.2) is 18.4 Å². The van der Waals surface area contributed by atoms with Crippen LogP contribution in [0.2, 0.25) is 10.0 Å². The third kappa shape index (κ3) is 9.75. The summed E-state index contributed by atoms with van der Waals surface area (Å²) in [6.45, 7) is 2.00. The maximum atomic E-state index is 14.1. The minimum Gasteiger partial charge on any atom is -0.478 e. The van der Waals surface area contributed by atoms with Gasteiger partial charge in [0.2, 0.25) is 0 Å². The van der Waals surface area contributed by atoms with Gasteiger partial charge in [0.1, 0.15) is 22.7 Å². The van der Waals surface area contributed by atoms with E-state index in [1.54, 1.807) is 30.3 Å². The number of methoxy groups -OCH3 is 1. The van der Waals surface area contributed by atoms with E-state index in [4.69, 9.17) is 33.0 Å². The molecule has 0 radical (unpaired) electrons. The molecule has 50 heavy (non-hydrogen) atoms. The van der Waals surface area contributed by atoms with Crippen LogP contribution in [0.5, 0.6) is 0 Å². The molecular weight excluding hydrogens is 689 g/mol. The number of aromatic nitrogens is 4. The fourth-order valence-corrected chi connectivity index (χ4v) is 5.47. The molecule has 0 aliphatic carbocycles. The highest BCUT2D eigenvalue weighted by atomic mass is 35.5. The molecule has 1 aliphatic heterocycles. The molecule has 1 N–H and O–H groups in total. The number of rotatable bonds is 6. The van der Waals surface area contributed by atoms with Crippen LogP contribution in [0.4, 0.5) is 8.78 Å². The van der Waals surface area contributed by atoms with Crippen LogP contribution in [0.3, 0.4) is 0 Å². The third-order valence-electron chi connectivity index (χ3n) is 7.43. The smallest absolute Gasteiger partial charge is 0.337 e. The van der Waals surface area contributed by atoms with Gasteiger partial charge in [0.05, 0.1) is 28.3 Å². The maximum Gasteiger partial charge on any atom is 0.337 e. The van der Waals surface area contributed by atoms with Crippen molar-refractivity contribution >= 4 is 56.9 Å². The first-order chi connectivity index (χ1) is 24.1. The molecule has 1 fully saturated rings. The molecule has 6 aromatic rings. The number of hydrogen-bond donors (Lipinski definition) is 1. The van der Waals surface area contributed by atoms with E-state index in [1.807, 2.05) is 6.07 Å².